The summed E-state index contributed by atoms with van der Waals surface area (Å²) in [5.41, 5.74) is 4.82. The van der Waals surface area contributed by atoms with Crippen molar-refractivity contribution >= 4 is 17.9 Å². The normalized spacial score (nSPS) is 14.7. The number of halogens is 2. The van der Waals surface area contributed by atoms with Crippen LogP contribution in [-0.4, -0.2) is 11.8 Å². The molecule has 0 radical (unpaired) electrons. The van der Waals surface area contributed by atoms with E-state index in [9.17, 15) is 4.79 Å². The molecule has 2 aromatic carbocycles. The Morgan fingerprint density at radius 2 is 1.71 bits per heavy atom. The first kappa shape index (κ1) is 25.4. The zero-order valence-corrected chi connectivity index (χ0v) is 22.2. The Bertz CT molecular complexity index is 848. The Morgan fingerprint density at radius 3 is 2.36 bits per heavy atom. The SMILES string of the molecule is C[SiH](C)[Zr+2]([NH]C(=O)c1cccc(C(C)(C)C)c1)[CH]1C=Cc2ccccc21.[Cl-].[Cl-]. The Labute approximate surface area is 190 Å². The monoisotopic (exact) mass is 510 g/mol. The van der Waals surface area contributed by atoms with Crippen LogP contribution in [-0.2, 0) is 26.6 Å². The van der Waals surface area contributed by atoms with Crippen LogP contribution in [0.3, 0.4) is 0 Å². The van der Waals surface area contributed by atoms with Gasteiger partial charge in [-0.1, -0.05) is 0 Å². The number of rotatable bonds is 4. The second-order valence-electron chi connectivity index (χ2n) is 8.36. The molecule has 0 heterocycles. The smallest absolute Gasteiger partial charge is 1.00 e. The zero-order valence-electron chi connectivity index (χ0n) is 17.1. The third-order valence-electron chi connectivity index (χ3n) is 5.01. The van der Waals surface area contributed by atoms with Gasteiger partial charge in [-0.25, -0.2) is 0 Å². The maximum absolute atomic E-state index is 13.0. The molecule has 0 saturated carbocycles. The van der Waals surface area contributed by atoms with Gasteiger partial charge < -0.3 is 24.8 Å². The summed E-state index contributed by atoms with van der Waals surface area (Å²) in [5.74, 6) is -0.780. The first-order valence-electron chi connectivity index (χ1n) is 9.33. The maximum atomic E-state index is 13.0. The van der Waals surface area contributed by atoms with Crippen LogP contribution in [0.15, 0.2) is 54.6 Å². The summed E-state index contributed by atoms with van der Waals surface area (Å²) in [7, 11) is 0. The molecule has 1 unspecified atom stereocenters. The molecule has 6 heteroatoms. The van der Waals surface area contributed by atoms with Gasteiger partial charge in [0.25, 0.3) is 0 Å². The molecule has 2 aromatic rings. The summed E-state index contributed by atoms with van der Waals surface area (Å²) >= 11 is -2.11. The van der Waals surface area contributed by atoms with Crippen LogP contribution in [0.25, 0.3) is 6.08 Å². The van der Waals surface area contributed by atoms with Crippen LogP contribution in [0.4, 0.5) is 0 Å². The summed E-state index contributed by atoms with van der Waals surface area (Å²) in [4.78, 5) is 13.0. The van der Waals surface area contributed by atoms with Gasteiger partial charge in [0.15, 0.2) is 0 Å². The number of carbonyl (C=O) groups is 1. The molecule has 1 aliphatic carbocycles. The van der Waals surface area contributed by atoms with Crippen LogP contribution in [0.5, 0.6) is 0 Å². The third kappa shape index (κ3) is 5.69. The topological polar surface area (TPSA) is 29.1 Å². The van der Waals surface area contributed by atoms with Gasteiger partial charge in [0.1, 0.15) is 0 Å². The number of benzene rings is 2. The van der Waals surface area contributed by atoms with Gasteiger partial charge in [-0.2, -0.15) is 0 Å². The van der Waals surface area contributed by atoms with Crippen molar-refractivity contribution in [3.8, 4) is 0 Å². The molecule has 149 valence electrons. The molecular formula is C22H28Cl2NOSiZr. The third-order valence-corrected chi connectivity index (χ3v) is 22.6. The second-order valence-corrected chi connectivity index (χ2v) is 27.2. The van der Waals surface area contributed by atoms with E-state index >= 15 is 0 Å². The molecule has 1 amide bonds. The van der Waals surface area contributed by atoms with Crippen molar-refractivity contribution in [2.24, 2.45) is 0 Å². The van der Waals surface area contributed by atoms with Crippen molar-refractivity contribution in [3.05, 3.63) is 76.9 Å². The number of hydrogen-bond donors (Lipinski definition) is 1. The van der Waals surface area contributed by atoms with Gasteiger partial charge in [0.2, 0.25) is 0 Å². The fourth-order valence-electron chi connectivity index (χ4n) is 3.43. The number of nitrogens with one attached hydrogen (secondary N) is 1. The van der Waals surface area contributed by atoms with Crippen molar-refractivity contribution in [2.75, 3.05) is 0 Å². The molecule has 1 aliphatic rings. The minimum absolute atomic E-state index is 0. The van der Waals surface area contributed by atoms with Crippen molar-refractivity contribution in [2.45, 2.75) is 42.9 Å². The van der Waals surface area contributed by atoms with E-state index in [0.29, 0.717) is 3.63 Å². The summed E-state index contributed by atoms with van der Waals surface area (Å²) in [6.45, 7) is 11.4. The summed E-state index contributed by atoms with van der Waals surface area (Å²) in [6, 6.07) is 16.8. The van der Waals surface area contributed by atoms with Gasteiger partial charge in [0.05, 0.1) is 0 Å². The minimum Gasteiger partial charge on any atom is -1.00 e. The molecule has 0 spiro atoms. The largest absolute Gasteiger partial charge is 1.00 e. The first-order chi connectivity index (χ1) is 12.3. The molecule has 0 fully saturated rings. The average molecular weight is 513 g/mol. The Morgan fingerprint density at radius 1 is 1.04 bits per heavy atom. The van der Waals surface area contributed by atoms with E-state index < -0.39 is 27.1 Å². The van der Waals surface area contributed by atoms with E-state index in [1.807, 2.05) is 12.1 Å². The van der Waals surface area contributed by atoms with Gasteiger partial charge >= 0.3 is 167 Å². The van der Waals surface area contributed by atoms with Crippen molar-refractivity contribution in [1.82, 2.24) is 3.26 Å². The van der Waals surface area contributed by atoms with Gasteiger partial charge in [-0.15, -0.1) is 0 Å². The Hall–Kier alpha value is -0.670. The Balaban J connectivity index is 0.00000196. The first-order valence-corrected chi connectivity index (χ1v) is 19.1. The van der Waals surface area contributed by atoms with Crippen LogP contribution in [0.2, 0.25) is 13.1 Å². The molecule has 1 atom stereocenters. The molecule has 3 rings (SSSR count). The quantitative estimate of drug-likeness (QED) is 0.524. The number of fused-ring (bicyclic) bond motifs is 1. The number of allylic oxidation sites excluding steroid dienone is 1. The number of amides is 1. The molecule has 2 nitrogen and oxygen atoms in total. The van der Waals surface area contributed by atoms with Crippen LogP contribution in [0.1, 0.15) is 51.4 Å². The van der Waals surface area contributed by atoms with Gasteiger partial charge in [0, 0.05) is 0 Å². The van der Waals surface area contributed by atoms with E-state index in [-0.39, 0.29) is 36.1 Å². The van der Waals surface area contributed by atoms with E-state index in [0.717, 1.165) is 5.56 Å². The summed E-state index contributed by atoms with van der Waals surface area (Å²) < 4.78 is 4.04. The number of hydrogen-bond acceptors (Lipinski definition) is 1. The average Bonchev–Trinajstić information content (AvgIpc) is 3.02. The fourth-order valence-corrected chi connectivity index (χ4v) is 18.0. The van der Waals surface area contributed by atoms with E-state index in [2.05, 4.69) is 85.7 Å². The van der Waals surface area contributed by atoms with Crippen LogP contribution >= 0.6 is 0 Å². The van der Waals surface area contributed by atoms with Crippen molar-refractivity contribution in [3.63, 3.8) is 0 Å². The fraction of sp³-hybridized carbons (Fsp3) is 0.318. The maximum Gasteiger partial charge on any atom is -1.00 e. The summed E-state index contributed by atoms with van der Waals surface area (Å²) in [5, 5.41) is 0. The van der Waals surface area contributed by atoms with Crippen molar-refractivity contribution in [1.29, 1.82) is 0 Å². The number of carbonyl (C=O) groups excluding carboxylic acids is 1. The Kier molecular flexibility index (Phi) is 9.41. The zero-order chi connectivity index (χ0) is 18.9. The molecule has 28 heavy (non-hydrogen) atoms. The van der Waals surface area contributed by atoms with E-state index in [1.54, 1.807) is 0 Å². The molecule has 1 N–H and O–H groups in total. The molecule has 0 bridgehead atoms. The molecular weight excluding hydrogens is 484 g/mol. The molecule has 0 saturated heterocycles. The van der Waals surface area contributed by atoms with E-state index in [4.69, 9.17) is 0 Å². The van der Waals surface area contributed by atoms with Gasteiger partial charge in [-0.05, 0) is 0 Å². The minimum atomic E-state index is -2.11. The van der Waals surface area contributed by atoms with E-state index in [1.165, 1.54) is 16.7 Å². The molecule has 0 aromatic heterocycles. The van der Waals surface area contributed by atoms with Crippen LogP contribution in [0, 0.1) is 0 Å². The molecule has 0 aliphatic heterocycles. The van der Waals surface area contributed by atoms with Crippen LogP contribution < -0.4 is 28.1 Å². The predicted octanol–water partition coefficient (Wildman–Crippen LogP) is -0.993. The predicted molar refractivity (Wildman–Crippen MR) is 110 cm³/mol. The van der Waals surface area contributed by atoms with Crippen molar-refractivity contribution < 1.29 is 50.8 Å². The second kappa shape index (κ2) is 10.4. The van der Waals surface area contributed by atoms with Gasteiger partial charge in [-0.3, -0.25) is 0 Å². The standard InChI is InChI=1S/C11H15NO.C9H7.C2H7Si.2ClH.Zr/c1-11(2,3)9-6-4-5-8(7-9)10(12)13;1-2-5-9-7-3-6-8(9)4-1;1-3-2;;;/h4-7H,1-3H3,(H2,12,13);1-7H;3H,1-2H3;2*1H;/q;;;;;+3/p-3. The summed E-state index contributed by atoms with van der Waals surface area (Å²) in [6.07, 6.45) is 4.59.